The summed E-state index contributed by atoms with van der Waals surface area (Å²) in [6.45, 7) is 7.70. The van der Waals surface area contributed by atoms with E-state index in [1.54, 1.807) is 7.11 Å². The molecule has 1 N–H and O–H groups in total. The van der Waals surface area contributed by atoms with Crippen molar-refractivity contribution in [3.8, 4) is 5.75 Å². The Morgan fingerprint density at radius 1 is 0.960 bits per heavy atom. The van der Waals surface area contributed by atoms with Gasteiger partial charge in [0.1, 0.15) is 11.9 Å². The summed E-state index contributed by atoms with van der Waals surface area (Å²) in [6.07, 6.45) is -0.688. The van der Waals surface area contributed by atoms with Crippen molar-refractivity contribution in [2.75, 3.05) is 27.1 Å². The van der Waals surface area contributed by atoms with Crippen molar-refractivity contribution in [2.45, 2.75) is 32.3 Å². The van der Waals surface area contributed by atoms with Gasteiger partial charge in [0.25, 0.3) is 0 Å². The first-order valence-corrected chi connectivity index (χ1v) is 8.50. The van der Waals surface area contributed by atoms with E-state index in [9.17, 15) is 5.11 Å². The van der Waals surface area contributed by atoms with Crippen LogP contribution in [0.2, 0.25) is 0 Å². The fraction of sp³-hybridized carbons (Fsp3) is 0.429. The molecular weight excluding hydrogens is 316 g/mol. The van der Waals surface area contributed by atoms with Crippen LogP contribution >= 0.6 is 0 Å². The van der Waals surface area contributed by atoms with E-state index in [0.717, 1.165) is 11.1 Å². The average Bonchev–Trinajstić information content (AvgIpc) is 2.60. The molecule has 0 spiro atoms. The molecule has 0 amide bonds. The van der Waals surface area contributed by atoms with Crippen LogP contribution in [0.4, 0.5) is 0 Å². The molecule has 0 saturated heterocycles. The lowest BCUT2D eigenvalue weighted by molar-refractivity contribution is -0.00855. The predicted molar refractivity (Wildman–Crippen MR) is 99.0 cm³/mol. The molecule has 1 unspecified atom stereocenters. The molecule has 0 aliphatic heterocycles. The smallest absolute Gasteiger partial charge is 0.189 e. The third-order valence-electron chi connectivity index (χ3n) is 4.01. The van der Waals surface area contributed by atoms with Crippen LogP contribution in [0.5, 0.6) is 5.75 Å². The quantitative estimate of drug-likeness (QED) is 0.579. The van der Waals surface area contributed by atoms with E-state index in [-0.39, 0.29) is 12.2 Å². The van der Waals surface area contributed by atoms with Crippen LogP contribution in [0, 0.1) is 0 Å². The molecule has 0 saturated carbocycles. The van der Waals surface area contributed by atoms with Gasteiger partial charge in [-0.25, -0.2) is 0 Å². The molecule has 25 heavy (non-hydrogen) atoms. The average molecular weight is 344 g/mol. The van der Waals surface area contributed by atoms with E-state index in [4.69, 9.17) is 14.2 Å². The lowest BCUT2D eigenvalue weighted by Gasteiger charge is -2.20. The number of methoxy groups -OCH3 is 1. The summed E-state index contributed by atoms with van der Waals surface area (Å²) in [5.41, 5.74) is 2.99. The molecule has 0 bridgehead atoms. The number of ether oxygens (including phenoxy) is 3. The van der Waals surface area contributed by atoms with E-state index in [1.165, 1.54) is 5.56 Å². The fourth-order valence-corrected chi connectivity index (χ4v) is 2.44. The first kappa shape index (κ1) is 19.4. The Morgan fingerprint density at radius 3 is 2.32 bits per heavy atom. The zero-order valence-corrected chi connectivity index (χ0v) is 15.5. The molecule has 2 aromatic rings. The maximum atomic E-state index is 10.6. The van der Waals surface area contributed by atoms with Gasteiger partial charge < -0.3 is 19.3 Å². The number of aliphatic hydroxyl groups excluding tert-OH is 1. The Balaban J connectivity index is 2.01. The van der Waals surface area contributed by atoms with Crippen molar-refractivity contribution in [3.63, 3.8) is 0 Å². The lowest BCUT2D eigenvalue weighted by atomic mass is 9.86. The lowest BCUT2D eigenvalue weighted by Crippen LogP contribution is -2.11. The number of hydrogen-bond donors (Lipinski definition) is 1. The summed E-state index contributed by atoms with van der Waals surface area (Å²) in [6, 6.07) is 15.5. The van der Waals surface area contributed by atoms with Crippen LogP contribution in [0.25, 0.3) is 0 Å². The minimum atomic E-state index is -0.688. The van der Waals surface area contributed by atoms with Gasteiger partial charge >= 0.3 is 0 Å². The minimum Gasteiger partial charge on any atom is -0.468 e. The van der Waals surface area contributed by atoms with Crippen molar-refractivity contribution in [2.24, 2.45) is 0 Å². The Labute approximate surface area is 150 Å². The molecule has 0 radical (unpaired) electrons. The van der Waals surface area contributed by atoms with Crippen LogP contribution in [0.3, 0.4) is 0 Å². The van der Waals surface area contributed by atoms with Crippen molar-refractivity contribution in [1.82, 2.24) is 0 Å². The summed E-state index contributed by atoms with van der Waals surface area (Å²) in [7, 11) is 1.63. The highest BCUT2D eigenvalue weighted by molar-refractivity contribution is 5.37. The predicted octanol–water partition coefficient (Wildman–Crippen LogP) is 4.07. The normalized spacial score (nSPS) is 12.8. The molecule has 0 aromatic heterocycles. The first-order valence-electron chi connectivity index (χ1n) is 8.50. The van der Waals surface area contributed by atoms with Crippen LogP contribution < -0.4 is 4.74 Å². The zero-order chi connectivity index (χ0) is 18.3. The van der Waals surface area contributed by atoms with Gasteiger partial charge in [0.15, 0.2) is 6.79 Å². The van der Waals surface area contributed by atoms with Crippen LogP contribution in [0.1, 0.15) is 43.6 Å². The molecule has 1 atom stereocenters. The van der Waals surface area contributed by atoms with Gasteiger partial charge in [-0.1, -0.05) is 57.2 Å². The summed E-state index contributed by atoms with van der Waals surface area (Å²) < 4.78 is 15.8. The third-order valence-corrected chi connectivity index (χ3v) is 4.01. The molecular formula is C21H28O4. The van der Waals surface area contributed by atoms with E-state index in [1.807, 2.05) is 36.4 Å². The van der Waals surface area contributed by atoms with Gasteiger partial charge in [0.05, 0.1) is 13.2 Å². The molecule has 0 aliphatic rings. The second-order valence-corrected chi connectivity index (χ2v) is 7.01. The molecule has 136 valence electrons. The fourth-order valence-electron chi connectivity index (χ4n) is 2.44. The van der Waals surface area contributed by atoms with E-state index in [0.29, 0.717) is 19.0 Å². The Hall–Kier alpha value is -1.88. The number of aliphatic hydroxyl groups is 1. The van der Waals surface area contributed by atoms with Crippen LogP contribution in [-0.4, -0.2) is 32.2 Å². The molecule has 4 heteroatoms. The summed E-state index contributed by atoms with van der Waals surface area (Å²) in [5.74, 6) is 0.667. The highest BCUT2D eigenvalue weighted by Crippen LogP contribution is 2.28. The maximum absolute atomic E-state index is 10.6. The number of hydrogen-bond acceptors (Lipinski definition) is 4. The minimum absolute atomic E-state index is 0.0973. The number of benzene rings is 2. The zero-order valence-electron chi connectivity index (χ0n) is 15.5. The van der Waals surface area contributed by atoms with Gasteiger partial charge in [0, 0.05) is 7.11 Å². The van der Waals surface area contributed by atoms with Crippen molar-refractivity contribution >= 4 is 0 Å². The molecule has 0 fully saturated rings. The van der Waals surface area contributed by atoms with Crippen molar-refractivity contribution in [3.05, 3.63) is 65.2 Å². The Kier molecular flexibility index (Phi) is 7.00. The highest BCUT2D eigenvalue weighted by atomic mass is 16.7. The SMILES string of the molecule is COCCOCOc1cccc(C(O)c2ccc(C(C)(C)C)cc2)c1. The van der Waals surface area contributed by atoms with Gasteiger partial charge in [-0.3, -0.25) is 0 Å². The maximum Gasteiger partial charge on any atom is 0.189 e. The molecule has 4 nitrogen and oxygen atoms in total. The van der Waals surface area contributed by atoms with Crippen molar-refractivity contribution in [1.29, 1.82) is 0 Å². The largest absolute Gasteiger partial charge is 0.468 e. The molecule has 2 aromatic carbocycles. The standard InChI is InChI=1S/C21H28O4/c1-21(2,3)18-10-8-16(9-11-18)20(22)17-6-5-7-19(14-17)25-15-24-13-12-23-4/h5-11,14,20,22H,12-13,15H2,1-4H3. The topological polar surface area (TPSA) is 47.9 Å². The van der Waals surface area contributed by atoms with E-state index >= 15 is 0 Å². The summed E-state index contributed by atoms with van der Waals surface area (Å²) in [4.78, 5) is 0. The molecule has 0 heterocycles. The van der Waals surface area contributed by atoms with Crippen LogP contribution in [-0.2, 0) is 14.9 Å². The van der Waals surface area contributed by atoms with Crippen molar-refractivity contribution < 1.29 is 19.3 Å². The van der Waals surface area contributed by atoms with Gasteiger partial charge in [0.2, 0.25) is 0 Å². The Morgan fingerprint density at radius 2 is 1.68 bits per heavy atom. The van der Waals surface area contributed by atoms with E-state index < -0.39 is 6.10 Å². The Bertz CT molecular complexity index is 644. The molecule has 2 rings (SSSR count). The second-order valence-electron chi connectivity index (χ2n) is 7.01. The van der Waals surface area contributed by atoms with Gasteiger partial charge in [-0.2, -0.15) is 0 Å². The summed E-state index contributed by atoms with van der Waals surface area (Å²) in [5, 5.41) is 10.6. The van der Waals surface area contributed by atoms with Crippen LogP contribution in [0.15, 0.2) is 48.5 Å². The second kappa shape index (κ2) is 8.99. The third kappa shape index (κ3) is 5.85. The van der Waals surface area contributed by atoms with Gasteiger partial charge in [-0.15, -0.1) is 0 Å². The first-order chi connectivity index (χ1) is 11.9. The van der Waals surface area contributed by atoms with E-state index in [2.05, 4.69) is 32.9 Å². The number of rotatable bonds is 8. The monoisotopic (exact) mass is 344 g/mol. The van der Waals surface area contributed by atoms with Gasteiger partial charge in [-0.05, 0) is 34.2 Å². The summed E-state index contributed by atoms with van der Waals surface area (Å²) >= 11 is 0. The molecule has 0 aliphatic carbocycles. The highest BCUT2D eigenvalue weighted by Gasteiger charge is 2.15.